The summed E-state index contributed by atoms with van der Waals surface area (Å²) in [5, 5.41) is 3.63. The van der Waals surface area contributed by atoms with Crippen LogP contribution in [-0.4, -0.2) is 40.5 Å². The van der Waals surface area contributed by atoms with Gasteiger partial charge < -0.3 is 14.8 Å². The second kappa shape index (κ2) is 6.41. The van der Waals surface area contributed by atoms with E-state index in [0.29, 0.717) is 12.1 Å². The number of halogens is 1. The number of piperidine rings is 1. The summed E-state index contributed by atoms with van der Waals surface area (Å²) in [6.45, 7) is 8.93. The molecular weight excluding hydrogens is 286 g/mol. The van der Waals surface area contributed by atoms with Crippen LogP contribution in [0.15, 0.2) is 6.07 Å². The van der Waals surface area contributed by atoms with Gasteiger partial charge in [0.1, 0.15) is 0 Å². The molecule has 2 aliphatic heterocycles. The van der Waals surface area contributed by atoms with Crippen LogP contribution in [0, 0.1) is 13.8 Å². The summed E-state index contributed by atoms with van der Waals surface area (Å²) in [6, 6.07) is 3.06. The van der Waals surface area contributed by atoms with Gasteiger partial charge in [-0.15, -0.1) is 12.4 Å². The molecule has 3 heterocycles. The SMILES string of the molecule is CCn1c(C)cc(C(=O)N2CC3CCCC(C2)N3)c1C.Cl. The number of likely N-dealkylation sites (tertiary alicyclic amines) is 1. The van der Waals surface area contributed by atoms with Crippen LogP contribution in [-0.2, 0) is 6.54 Å². The normalized spacial score (nSPS) is 24.6. The summed E-state index contributed by atoms with van der Waals surface area (Å²) >= 11 is 0. The quantitative estimate of drug-likeness (QED) is 0.911. The van der Waals surface area contributed by atoms with Gasteiger partial charge in [0.05, 0.1) is 5.56 Å². The molecule has 2 bridgehead atoms. The lowest BCUT2D eigenvalue weighted by atomic mass is 9.94. The number of rotatable bonds is 2. The molecule has 5 heteroatoms. The first-order chi connectivity index (χ1) is 9.60. The van der Waals surface area contributed by atoms with Crippen molar-refractivity contribution in [3.8, 4) is 0 Å². The Labute approximate surface area is 133 Å². The van der Waals surface area contributed by atoms with Gasteiger partial charge in [0, 0.05) is 43.1 Å². The van der Waals surface area contributed by atoms with Gasteiger partial charge in [-0.05, 0) is 39.7 Å². The minimum absolute atomic E-state index is 0. The summed E-state index contributed by atoms with van der Waals surface area (Å²) in [5.74, 6) is 0.219. The molecule has 2 fully saturated rings. The first-order valence-electron chi connectivity index (χ1n) is 7.82. The van der Waals surface area contributed by atoms with Crippen molar-refractivity contribution in [3.05, 3.63) is 23.0 Å². The van der Waals surface area contributed by atoms with Crippen molar-refractivity contribution in [2.45, 2.75) is 58.7 Å². The molecule has 0 aliphatic carbocycles. The van der Waals surface area contributed by atoms with Crippen molar-refractivity contribution >= 4 is 18.3 Å². The smallest absolute Gasteiger partial charge is 0.255 e. The Balaban J connectivity index is 0.00000161. The number of aryl methyl sites for hydroxylation is 1. The Morgan fingerprint density at radius 1 is 1.29 bits per heavy atom. The molecule has 0 radical (unpaired) electrons. The van der Waals surface area contributed by atoms with Gasteiger partial charge in [-0.2, -0.15) is 0 Å². The van der Waals surface area contributed by atoms with E-state index < -0.39 is 0 Å². The fourth-order valence-corrected chi connectivity index (χ4v) is 3.85. The third kappa shape index (κ3) is 2.97. The minimum Gasteiger partial charge on any atom is -0.349 e. The molecule has 1 aromatic rings. The lowest BCUT2D eigenvalue weighted by molar-refractivity contribution is 0.0607. The minimum atomic E-state index is 0. The predicted octanol–water partition coefficient (Wildman–Crippen LogP) is 2.51. The number of fused-ring (bicyclic) bond motifs is 2. The van der Waals surface area contributed by atoms with E-state index >= 15 is 0 Å². The standard InChI is InChI=1S/C16H25N3O.ClH/c1-4-19-11(2)8-15(12(19)3)16(20)18-9-13-6-5-7-14(10-18)17-13;/h8,13-14,17H,4-7,9-10H2,1-3H3;1H. The highest BCUT2D eigenvalue weighted by atomic mass is 35.5. The monoisotopic (exact) mass is 311 g/mol. The molecule has 2 atom stereocenters. The van der Waals surface area contributed by atoms with E-state index in [-0.39, 0.29) is 18.3 Å². The van der Waals surface area contributed by atoms with Gasteiger partial charge in [0.15, 0.2) is 0 Å². The van der Waals surface area contributed by atoms with E-state index in [1.165, 1.54) is 25.0 Å². The van der Waals surface area contributed by atoms with Crippen LogP contribution >= 0.6 is 12.4 Å². The van der Waals surface area contributed by atoms with Crippen molar-refractivity contribution < 1.29 is 4.79 Å². The van der Waals surface area contributed by atoms with Gasteiger partial charge in [0.2, 0.25) is 0 Å². The van der Waals surface area contributed by atoms with Crippen molar-refractivity contribution in [2.75, 3.05) is 13.1 Å². The molecule has 4 nitrogen and oxygen atoms in total. The Morgan fingerprint density at radius 2 is 1.90 bits per heavy atom. The number of hydrogen-bond acceptors (Lipinski definition) is 2. The Kier molecular flexibility index (Phi) is 4.99. The average Bonchev–Trinajstić information content (AvgIpc) is 2.72. The highest BCUT2D eigenvalue weighted by Crippen LogP contribution is 2.23. The van der Waals surface area contributed by atoms with Crippen LogP contribution in [0.2, 0.25) is 0 Å². The number of carbonyl (C=O) groups excluding carboxylic acids is 1. The largest absolute Gasteiger partial charge is 0.349 e. The summed E-state index contributed by atoms with van der Waals surface area (Å²) < 4.78 is 2.22. The lowest BCUT2D eigenvalue weighted by Gasteiger charge is -2.42. The van der Waals surface area contributed by atoms with Crippen LogP contribution < -0.4 is 5.32 Å². The predicted molar refractivity (Wildman–Crippen MR) is 87.3 cm³/mol. The van der Waals surface area contributed by atoms with Crippen LogP contribution in [0.3, 0.4) is 0 Å². The van der Waals surface area contributed by atoms with Gasteiger partial charge >= 0.3 is 0 Å². The maximum absolute atomic E-state index is 12.8. The molecule has 0 saturated carbocycles. The van der Waals surface area contributed by atoms with Crippen LogP contribution in [0.25, 0.3) is 0 Å². The molecule has 21 heavy (non-hydrogen) atoms. The molecule has 2 unspecified atom stereocenters. The number of nitrogens with zero attached hydrogens (tertiary/aromatic N) is 2. The Hall–Kier alpha value is -1.00. The van der Waals surface area contributed by atoms with E-state index in [2.05, 4.69) is 41.6 Å². The number of carbonyl (C=O) groups is 1. The van der Waals surface area contributed by atoms with Gasteiger partial charge in [-0.25, -0.2) is 0 Å². The maximum Gasteiger partial charge on any atom is 0.255 e. The zero-order chi connectivity index (χ0) is 14.3. The first-order valence-corrected chi connectivity index (χ1v) is 7.82. The second-order valence-electron chi connectivity index (χ2n) is 6.23. The average molecular weight is 312 g/mol. The fraction of sp³-hybridized carbons (Fsp3) is 0.688. The van der Waals surface area contributed by atoms with E-state index in [1.54, 1.807) is 0 Å². The lowest BCUT2D eigenvalue weighted by Crippen LogP contribution is -2.59. The van der Waals surface area contributed by atoms with Crippen molar-refractivity contribution in [1.82, 2.24) is 14.8 Å². The zero-order valence-electron chi connectivity index (χ0n) is 13.2. The van der Waals surface area contributed by atoms with Gasteiger partial charge in [0.25, 0.3) is 5.91 Å². The third-order valence-electron chi connectivity index (χ3n) is 4.87. The van der Waals surface area contributed by atoms with Crippen molar-refractivity contribution in [3.63, 3.8) is 0 Å². The van der Waals surface area contributed by atoms with Gasteiger partial charge in [-0.3, -0.25) is 4.79 Å². The third-order valence-corrected chi connectivity index (χ3v) is 4.87. The highest BCUT2D eigenvalue weighted by Gasteiger charge is 2.33. The summed E-state index contributed by atoms with van der Waals surface area (Å²) in [4.78, 5) is 14.9. The molecule has 118 valence electrons. The molecule has 3 rings (SSSR count). The number of nitrogens with one attached hydrogen (secondary N) is 1. The summed E-state index contributed by atoms with van der Waals surface area (Å²) in [7, 11) is 0. The topological polar surface area (TPSA) is 37.3 Å². The summed E-state index contributed by atoms with van der Waals surface area (Å²) in [5.41, 5.74) is 3.19. The van der Waals surface area contributed by atoms with Crippen LogP contribution in [0.1, 0.15) is 47.9 Å². The molecule has 2 aliphatic rings. The molecule has 1 N–H and O–H groups in total. The van der Waals surface area contributed by atoms with E-state index in [4.69, 9.17) is 0 Å². The Morgan fingerprint density at radius 3 is 2.43 bits per heavy atom. The summed E-state index contributed by atoms with van der Waals surface area (Å²) in [6.07, 6.45) is 3.71. The maximum atomic E-state index is 12.8. The van der Waals surface area contributed by atoms with Gasteiger partial charge in [-0.1, -0.05) is 6.42 Å². The van der Waals surface area contributed by atoms with E-state index in [1.807, 2.05) is 0 Å². The molecule has 2 saturated heterocycles. The first kappa shape index (κ1) is 16.4. The number of hydrogen-bond donors (Lipinski definition) is 1. The second-order valence-corrected chi connectivity index (χ2v) is 6.23. The van der Waals surface area contributed by atoms with Crippen molar-refractivity contribution in [1.29, 1.82) is 0 Å². The number of amides is 1. The molecule has 1 aromatic heterocycles. The van der Waals surface area contributed by atoms with E-state index in [9.17, 15) is 4.79 Å². The van der Waals surface area contributed by atoms with Crippen molar-refractivity contribution in [2.24, 2.45) is 0 Å². The Bertz CT molecular complexity index is 514. The number of aromatic nitrogens is 1. The molecular formula is C16H26ClN3O. The fourth-order valence-electron chi connectivity index (χ4n) is 3.85. The number of piperazine rings is 1. The van der Waals surface area contributed by atoms with E-state index in [0.717, 1.165) is 30.9 Å². The zero-order valence-corrected chi connectivity index (χ0v) is 14.0. The highest BCUT2D eigenvalue weighted by molar-refractivity contribution is 5.95. The van der Waals surface area contributed by atoms with Crippen LogP contribution in [0.5, 0.6) is 0 Å². The molecule has 0 spiro atoms. The molecule has 1 amide bonds. The molecule has 0 aromatic carbocycles. The van der Waals surface area contributed by atoms with Crippen LogP contribution in [0.4, 0.5) is 0 Å².